The number of hydrogen-bond donors (Lipinski definition) is 1. The summed E-state index contributed by atoms with van der Waals surface area (Å²) in [6.07, 6.45) is 1.74. The number of fused-ring (bicyclic) bond motifs is 1. The number of rotatable bonds is 3. The van der Waals surface area contributed by atoms with Gasteiger partial charge in [0.25, 0.3) is 5.91 Å². The molecule has 1 saturated carbocycles. The van der Waals surface area contributed by atoms with E-state index in [1.54, 1.807) is 18.2 Å². The van der Waals surface area contributed by atoms with Crippen molar-refractivity contribution in [3.05, 3.63) is 23.8 Å². The molecule has 4 rings (SSSR count). The minimum atomic E-state index is -0.710. The van der Waals surface area contributed by atoms with Crippen LogP contribution in [0.5, 0.6) is 11.5 Å². The maximum atomic E-state index is 12.8. The second-order valence-electron chi connectivity index (χ2n) is 5.64. The summed E-state index contributed by atoms with van der Waals surface area (Å²) in [5.41, 5.74) is 0.434. The lowest BCUT2D eigenvalue weighted by atomic mass is 10.1. The van der Waals surface area contributed by atoms with E-state index >= 15 is 0 Å². The van der Waals surface area contributed by atoms with Gasteiger partial charge in [0.2, 0.25) is 18.6 Å². The van der Waals surface area contributed by atoms with Crippen molar-refractivity contribution < 1.29 is 23.9 Å². The van der Waals surface area contributed by atoms with E-state index < -0.39 is 11.9 Å². The van der Waals surface area contributed by atoms with Crippen molar-refractivity contribution >= 4 is 17.7 Å². The molecule has 2 fully saturated rings. The molecule has 1 unspecified atom stereocenters. The zero-order chi connectivity index (χ0) is 15.3. The third-order valence-electron chi connectivity index (χ3n) is 4.07. The molecular formula is C15H14N2O5. The lowest BCUT2D eigenvalue weighted by Crippen LogP contribution is -2.45. The highest BCUT2D eigenvalue weighted by atomic mass is 16.7. The van der Waals surface area contributed by atoms with Gasteiger partial charge in [-0.2, -0.15) is 0 Å². The average molecular weight is 302 g/mol. The molecule has 1 atom stereocenters. The van der Waals surface area contributed by atoms with Crippen LogP contribution in [0, 0.1) is 0 Å². The van der Waals surface area contributed by atoms with Crippen LogP contribution in [0.1, 0.15) is 29.6 Å². The first-order chi connectivity index (χ1) is 10.6. The molecule has 2 heterocycles. The zero-order valence-corrected chi connectivity index (χ0v) is 11.7. The SMILES string of the molecule is O=C1CC(N(C(=O)c2ccc3c(c2)OCO3)C2CC2)C(=O)N1. The van der Waals surface area contributed by atoms with Gasteiger partial charge in [-0.1, -0.05) is 0 Å². The highest BCUT2D eigenvalue weighted by molar-refractivity contribution is 6.08. The number of carbonyl (C=O) groups excluding carboxylic acids is 3. The van der Waals surface area contributed by atoms with Crippen LogP contribution in [0.3, 0.4) is 0 Å². The Kier molecular flexibility index (Phi) is 2.82. The van der Waals surface area contributed by atoms with Gasteiger partial charge in [0.15, 0.2) is 11.5 Å². The summed E-state index contributed by atoms with van der Waals surface area (Å²) in [7, 11) is 0. The second-order valence-corrected chi connectivity index (χ2v) is 5.64. The van der Waals surface area contributed by atoms with E-state index in [0.717, 1.165) is 12.8 Å². The minimum absolute atomic E-state index is 0.0274. The molecule has 0 spiro atoms. The van der Waals surface area contributed by atoms with Crippen LogP contribution >= 0.6 is 0 Å². The third kappa shape index (κ3) is 2.09. The van der Waals surface area contributed by atoms with Crippen LogP contribution in [0.2, 0.25) is 0 Å². The van der Waals surface area contributed by atoms with Crippen LogP contribution < -0.4 is 14.8 Å². The quantitative estimate of drug-likeness (QED) is 0.819. The number of hydrogen-bond acceptors (Lipinski definition) is 5. The number of imide groups is 1. The lowest BCUT2D eigenvalue weighted by Gasteiger charge is -2.26. The first-order valence-electron chi connectivity index (χ1n) is 7.19. The Morgan fingerprint density at radius 3 is 2.64 bits per heavy atom. The average Bonchev–Trinajstić information content (AvgIpc) is 3.11. The van der Waals surface area contributed by atoms with Crippen molar-refractivity contribution in [1.29, 1.82) is 0 Å². The summed E-state index contributed by atoms with van der Waals surface area (Å²) >= 11 is 0. The normalized spacial score (nSPS) is 22.6. The van der Waals surface area contributed by atoms with Crippen LogP contribution in [-0.4, -0.2) is 41.5 Å². The van der Waals surface area contributed by atoms with Gasteiger partial charge in [-0.05, 0) is 31.0 Å². The van der Waals surface area contributed by atoms with Crippen molar-refractivity contribution in [2.75, 3.05) is 6.79 Å². The van der Waals surface area contributed by atoms with E-state index in [1.807, 2.05) is 0 Å². The molecule has 3 aliphatic rings. The molecule has 7 heteroatoms. The predicted molar refractivity (Wildman–Crippen MR) is 73.3 cm³/mol. The summed E-state index contributed by atoms with van der Waals surface area (Å²) < 4.78 is 10.5. The molecule has 0 bridgehead atoms. The summed E-state index contributed by atoms with van der Waals surface area (Å²) in [6, 6.07) is 4.27. The fraction of sp³-hybridized carbons (Fsp3) is 0.400. The van der Waals surface area contributed by atoms with E-state index in [4.69, 9.17) is 9.47 Å². The maximum Gasteiger partial charge on any atom is 0.254 e. The molecule has 3 amide bonds. The molecule has 0 radical (unpaired) electrons. The lowest BCUT2D eigenvalue weighted by molar-refractivity contribution is -0.126. The number of ether oxygens (including phenoxy) is 2. The second kappa shape index (κ2) is 4.72. The van der Waals surface area contributed by atoms with Gasteiger partial charge in [0.05, 0.1) is 6.42 Å². The molecule has 1 saturated heterocycles. The smallest absolute Gasteiger partial charge is 0.254 e. The van der Waals surface area contributed by atoms with Crippen LogP contribution in [-0.2, 0) is 9.59 Å². The Bertz CT molecular complexity index is 683. The maximum absolute atomic E-state index is 12.8. The molecule has 1 aromatic rings. The standard InChI is InChI=1S/C15H14N2O5/c18-13-6-10(14(19)16-13)17(9-2-3-9)15(20)8-1-4-11-12(5-8)22-7-21-11/h1,4-5,9-10H,2-3,6-7H2,(H,16,18,19). The summed E-state index contributed by atoms with van der Waals surface area (Å²) in [5.74, 6) is 0.137. The monoisotopic (exact) mass is 302 g/mol. The van der Waals surface area contributed by atoms with Gasteiger partial charge in [-0.3, -0.25) is 19.7 Å². The Labute approximate surface area is 126 Å². The summed E-state index contributed by atoms with van der Waals surface area (Å²) in [6.45, 7) is 0.138. The third-order valence-corrected chi connectivity index (χ3v) is 4.07. The fourth-order valence-electron chi connectivity index (χ4n) is 2.86. The van der Waals surface area contributed by atoms with E-state index in [0.29, 0.717) is 17.1 Å². The minimum Gasteiger partial charge on any atom is -0.454 e. The van der Waals surface area contributed by atoms with Crippen LogP contribution in [0.4, 0.5) is 0 Å². The Balaban J connectivity index is 1.64. The van der Waals surface area contributed by atoms with Crippen molar-refractivity contribution in [3.63, 3.8) is 0 Å². The van der Waals surface area contributed by atoms with E-state index in [1.165, 1.54) is 4.90 Å². The van der Waals surface area contributed by atoms with Gasteiger partial charge >= 0.3 is 0 Å². The number of nitrogens with zero attached hydrogens (tertiary/aromatic N) is 1. The molecule has 1 aliphatic carbocycles. The largest absolute Gasteiger partial charge is 0.454 e. The van der Waals surface area contributed by atoms with Gasteiger partial charge in [-0.15, -0.1) is 0 Å². The predicted octanol–water partition coefficient (Wildman–Crippen LogP) is 0.435. The van der Waals surface area contributed by atoms with Crippen molar-refractivity contribution in [2.24, 2.45) is 0 Å². The topological polar surface area (TPSA) is 84.9 Å². The number of benzene rings is 1. The molecule has 2 aliphatic heterocycles. The van der Waals surface area contributed by atoms with E-state index in [9.17, 15) is 14.4 Å². The molecule has 22 heavy (non-hydrogen) atoms. The Morgan fingerprint density at radius 1 is 1.18 bits per heavy atom. The van der Waals surface area contributed by atoms with Crippen molar-refractivity contribution in [1.82, 2.24) is 10.2 Å². The van der Waals surface area contributed by atoms with E-state index in [-0.39, 0.29) is 31.1 Å². The van der Waals surface area contributed by atoms with Gasteiger partial charge < -0.3 is 14.4 Å². The van der Waals surface area contributed by atoms with Gasteiger partial charge in [0, 0.05) is 11.6 Å². The van der Waals surface area contributed by atoms with Gasteiger partial charge in [-0.25, -0.2) is 0 Å². The number of nitrogens with one attached hydrogen (secondary N) is 1. The Hall–Kier alpha value is -2.57. The van der Waals surface area contributed by atoms with Crippen LogP contribution in [0.25, 0.3) is 0 Å². The summed E-state index contributed by atoms with van der Waals surface area (Å²) in [5, 5.41) is 2.26. The Morgan fingerprint density at radius 2 is 1.95 bits per heavy atom. The molecule has 0 aromatic heterocycles. The molecule has 1 aromatic carbocycles. The zero-order valence-electron chi connectivity index (χ0n) is 11.7. The number of carbonyl (C=O) groups is 3. The van der Waals surface area contributed by atoms with Crippen LogP contribution in [0.15, 0.2) is 18.2 Å². The summed E-state index contributed by atoms with van der Waals surface area (Å²) in [4.78, 5) is 37.7. The molecule has 114 valence electrons. The van der Waals surface area contributed by atoms with Crippen molar-refractivity contribution in [3.8, 4) is 11.5 Å². The highest BCUT2D eigenvalue weighted by Crippen LogP contribution is 2.36. The van der Waals surface area contributed by atoms with Gasteiger partial charge in [0.1, 0.15) is 6.04 Å². The molecular weight excluding hydrogens is 288 g/mol. The van der Waals surface area contributed by atoms with Crippen molar-refractivity contribution in [2.45, 2.75) is 31.3 Å². The molecule has 7 nitrogen and oxygen atoms in total. The number of amides is 3. The molecule has 1 N–H and O–H groups in total. The fourth-order valence-corrected chi connectivity index (χ4v) is 2.86. The first kappa shape index (κ1) is 13.1. The highest BCUT2D eigenvalue weighted by Gasteiger charge is 2.45. The first-order valence-corrected chi connectivity index (χ1v) is 7.19. The van der Waals surface area contributed by atoms with E-state index in [2.05, 4.69) is 5.32 Å².